The largest absolute Gasteiger partial charge is 0.360 e. The van der Waals surface area contributed by atoms with E-state index in [2.05, 4.69) is 139 Å². The lowest BCUT2D eigenvalue weighted by Crippen LogP contribution is -2.58. The van der Waals surface area contributed by atoms with E-state index in [4.69, 9.17) is 13.1 Å². The first kappa shape index (κ1) is 99.3. The number of amides is 7. The Morgan fingerprint density at radius 2 is 0.738 bits per heavy atom. The van der Waals surface area contributed by atoms with Gasteiger partial charge < -0.3 is 31.4 Å². The van der Waals surface area contributed by atoms with Crippen molar-refractivity contribution in [3.8, 4) is 0 Å². The van der Waals surface area contributed by atoms with Crippen molar-refractivity contribution >= 4 is 173 Å². The van der Waals surface area contributed by atoms with E-state index in [-0.39, 0.29) is 84.8 Å². The number of nitrogens with one attached hydrogen (secondary N) is 6. The molecular weight excluding hydrogens is 1900 g/mol. The summed E-state index contributed by atoms with van der Waals surface area (Å²) in [6, 6.07) is 0. The molecule has 754 valence electrons. The number of nitrogens with zero attached hydrogens (tertiary/aromatic N) is 10. The third-order valence-electron chi connectivity index (χ3n) is 38.6. The van der Waals surface area contributed by atoms with Crippen molar-refractivity contribution < 1.29 is 42.7 Å². The molecule has 26 bridgehead atoms. The van der Waals surface area contributed by atoms with Gasteiger partial charge in [0.2, 0.25) is 41.4 Å². The highest BCUT2D eigenvalue weighted by atomic mass is 32.1. The molecule has 13 unspecified atom stereocenters. The van der Waals surface area contributed by atoms with Gasteiger partial charge in [0.05, 0.1) is 45.3 Å². The predicted molar refractivity (Wildman–Crippen MR) is 557 cm³/mol. The van der Waals surface area contributed by atoms with E-state index in [1.165, 1.54) is 211 Å². The molecule has 7 heterocycles. The van der Waals surface area contributed by atoms with Crippen LogP contribution >= 0.6 is 79.4 Å². The topological polar surface area (TPSA) is 311 Å². The van der Waals surface area contributed by atoms with Crippen molar-refractivity contribution in [1.29, 1.82) is 0 Å². The number of carbonyl (C=O) groups is 8. The van der Waals surface area contributed by atoms with Crippen molar-refractivity contribution in [2.45, 2.75) is 326 Å². The van der Waals surface area contributed by atoms with Gasteiger partial charge in [-0.2, -0.15) is 4.39 Å². The second-order valence-electron chi connectivity index (χ2n) is 53.1. The van der Waals surface area contributed by atoms with E-state index in [1.54, 1.807) is 40.7 Å². The summed E-state index contributed by atoms with van der Waals surface area (Å²) < 4.78 is 13.1. The van der Waals surface area contributed by atoms with Gasteiger partial charge in [0.1, 0.15) is 5.69 Å². The molecule has 26 aliphatic rings. The van der Waals surface area contributed by atoms with Crippen LogP contribution in [0.1, 0.15) is 337 Å². The number of carbonyl (C=O) groups excluding carboxylic acids is 8. The summed E-state index contributed by atoms with van der Waals surface area (Å²) in [5.41, 5.74) is 2.37. The first-order valence-corrected chi connectivity index (χ1v) is 58.4. The van der Waals surface area contributed by atoms with Gasteiger partial charge in [-0.25, -0.2) is 34.7 Å². The number of rotatable bonds is 15. The third-order valence-corrected chi connectivity index (χ3v) is 43.8. The lowest BCUT2D eigenvalue weighted by atomic mass is 9.40. The molecule has 0 aromatic carbocycles. The van der Waals surface area contributed by atoms with Gasteiger partial charge in [0.15, 0.2) is 41.7 Å². The maximum atomic E-state index is 13.1. The number of ketones is 1. The van der Waals surface area contributed by atoms with E-state index in [1.807, 2.05) is 28.1 Å². The fraction of sp³-hybridized carbons (Fsp3) is 0.716. The van der Waals surface area contributed by atoms with E-state index in [9.17, 15) is 42.7 Å². The zero-order chi connectivity index (χ0) is 98.9. The summed E-state index contributed by atoms with van der Waals surface area (Å²) in [5.74, 6) is 10.1. The summed E-state index contributed by atoms with van der Waals surface area (Å²) in [6.07, 6.45) is 55.2. The Bertz CT molecular complexity index is 5820. The van der Waals surface area contributed by atoms with Gasteiger partial charge in [-0.05, 0) is 364 Å². The minimum Gasteiger partial charge on any atom is -0.360 e. The van der Waals surface area contributed by atoms with Crippen molar-refractivity contribution in [2.24, 2.45) is 152 Å². The normalized spacial score (nSPS) is 41.1. The van der Waals surface area contributed by atoms with E-state index < -0.39 is 0 Å². The summed E-state index contributed by atoms with van der Waals surface area (Å²) in [6.45, 7) is 36.8. The Labute approximate surface area is 858 Å². The van der Waals surface area contributed by atoms with Crippen molar-refractivity contribution in [3.05, 3.63) is 91.5 Å². The Hall–Kier alpha value is -7.72. The lowest BCUT2D eigenvalue weighted by Gasteiger charge is -2.64. The van der Waals surface area contributed by atoms with Crippen LogP contribution in [0.15, 0.2) is 57.9 Å². The average molecular weight is 2050 g/mol. The quantitative estimate of drug-likeness (QED) is 0.0411. The molecule has 0 spiro atoms. The fourth-order valence-corrected chi connectivity index (χ4v) is 43.2. The second-order valence-corrected chi connectivity index (χ2v) is 59.5. The molecule has 0 saturated heterocycles. The molecule has 26 saturated carbocycles. The summed E-state index contributed by atoms with van der Waals surface area (Å²) in [4.78, 5) is 139. The van der Waals surface area contributed by atoms with E-state index >= 15 is 0 Å². The highest BCUT2D eigenvalue weighted by Gasteiger charge is 2.69. The Balaban J connectivity index is 0.0000000978. The van der Waals surface area contributed by atoms with E-state index in [0.717, 1.165) is 184 Å². The third kappa shape index (κ3) is 20.0. The Morgan fingerprint density at radius 1 is 0.362 bits per heavy atom. The molecule has 6 N–H and O–H groups in total. The van der Waals surface area contributed by atoms with E-state index in [0.29, 0.717) is 121 Å². The predicted octanol–water partition coefficient (Wildman–Crippen LogP) is 27.3. The molecule has 7 aromatic rings. The molecule has 26 fully saturated rings. The molecule has 7 aromatic heterocycles. The number of thiazole rings is 7. The monoisotopic (exact) mass is 2040 g/mol. The van der Waals surface area contributed by atoms with Gasteiger partial charge in [0, 0.05) is 71.6 Å². The molecule has 0 aliphatic heterocycles. The smallest absolute Gasteiger partial charge is 0.283 e. The zero-order valence-corrected chi connectivity index (χ0v) is 89.7. The maximum absolute atomic E-state index is 13.1. The minimum atomic E-state index is -0.352. The average Bonchev–Trinajstić information content (AvgIpc) is 1.28. The molecule has 32 heteroatoms. The molecule has 33 rings (SSSR count). The minimum absolute atomic E-state index is 0.0465. The van der Waals surface area contributed by atoms with Crippen molar-refractivity contribution in [1.82, 2.24) is 34.9 Å². The van der Waals surface area contributed by atoms with Crippen LogP contribution in [0.4, 0.5) is 51.1 Å². The molecule has 24 nitrogen and oxygen atoms in total. The molecule has 13 atom stereocenters. The summed E-state index contributed by atoms with van der Waals surface area (Å²) in [5, 5.41) is 31.7. The number of anilines is 7. The standard InChI is InChI=1S/C18H24N2O2S.2C17H21N3OS.C16H21FN2OS.2C15H20N2OS.C11H14N2OS/c1-11(21)13-7-23-15(19-13)20-14(22)18-6-12-4-16(2,9-18)8-17(3,5-12)10-18;1-15-4-11-5-16(2,8-15)10-17(6-11,9-15)13(21)20-14-19-12(18-3)7-22-14;1-15-4-11-5-16(2,8-15)10-17(6-11,9-15)13(21)20-14-19-7-12(18-3)22-14;1-14-3-10-4-15(2,7-14)9-16(5-10,8-14)12(20)19-13-18-6-11(17)21-13;1-14-5-10-4-11(6-14)8-15(7-10,9-14)12(18)17-13-16-2-3-19-13;1-17(14-16-2-3-19-14)13(18)15-7-10-4-11(8-15)6-12(5-10)9-15;14-10(13-11-12-3-4-15-11)9-6-7-1-2-8(9)5-7/h7,12H,4-6,8-10H2,1-3H3,(H,19,20,22);2*7,11H,4-6,8-10H2,1-2H3,(H,19,20,21);6,10H,3-5,7-9H2,1-2H3,(H,18,19,20);2-3,10-11H,4-9H2,1H3,(H,16,17,18);2-3,10-12H,4-9H2,1H3;3-4,7-9H,1-2,5-6H2,(H,12,13,14). The Morgan fingerprint density at radius 3 is 1.10 bits per heavy atom. The van der Waals surface area contributed by atoms with Gasteiger partial charge >= 0.3 is 0 Å². The van der Waals surface area contributed by atoms with Gasteiger partial charge in [-0.1, -0.05) is 103 Å². The van der Waals surface area contributed by atoms with Crippen LogP contribution in [-0.4, -0.2) is 89.1 Å². The van der Waals surface area contributed by atoms with Crippen LogP contribution in [0.5, 0.6) is 0 Å². The zero-order valence-electron chi connectivity index (χ0n) is 84.0. The Kier molecular flexibility index (Phi) is 25.6. The van der Waals surface area contributed by atoms with Crippen LogP contribution in [0.3, 0.4) is 0 Å². The van der Waals surface area contributed by atoms with Gasteiger partial charge in [0.25, 0.3) is 16.0 Å². The molecule has 141 heavy (non-hydrogen) atoms. The van der Waals surface area contributed by atoms with Crippen molar-refractivity contribution in [3.63, 3.8) is 0 Å². The first-order valence-electron chi connectivity index (χ1n) is 52.3. The van der Waals surface area contributed by atoms with Crippen LogP contribution in [-0.2, 0) is 33.6 Å². The highest BCUT2D eigenvalue weighted by molar-refractivity contribution is 7.19. The number of halogens is 1. The lowest BCUT2D eigenvalue weighted by molar-refractivity contribution is -0.165. The SMILES string of the molecule is CC(=O)c1csc(NC(=O)C23CC4CC(C)(CC(C)(C4)C2)C3)n1.CC12CC3CC(C)(C1)CC(C(=O)Nc1ncc(F)s1)(C3)C2.CC12CC3CC(C1)CC(C(=O)Nc1nccs1)(C3)C2.CN(C(=O)C12CC3CC(CC(C3)C1)C2)c1nccs1.O=C(Nc1nccs1)C1CC2CCC1C2.[C-]#[N+]c1cnc(NC(=O)C23CC4CC(C)(CC(C)(C4)C2)C3)s1.[C-]#[N+]c1csc(NC(=O)C23CC4CC(C)(CC(C)(C4)C2)C3)n1. The maximum Gasteiger partial charge on any atom is 0.283 e. The summed E-state index contributed by atoms with van der Waals surface area (Å²) in [7, 11) is 1.90. The number of aromatic nitrogens is 7. The fourth-order valence-electron chi connectivity index (χ4n) is 39.0. The van der Waals surface area contributed by atoms with Crippen LogP contribution < -0.4 is 36.8 Å². The van der Waals surface area contributed by atoms with Crippen LogP contribution in [0, 0.1) is 171 Å². The number of fused-ring (bicyclic) bond motifs is 2. The number of hydrogen-bond donors (Lipinski definition) is 6. The van der Waals surface area contributed by atoms with Gasteiger partial charge in [-0.3, -0.25) is 48.6 Å². The van der Waals surface area contributed by atoms with Crippen LogP contribution in [0.2, 0.25) is 0 Å². The van der Waals surface area contributed by atoms with Gasteiger partial charge in [-0.15, -0.1) is 56.7 Å². The number of hydrogen-bond acceptors (Lipinski definition) is 22. The molecule has 26 aliphatic carbocycles. The molecular formula is C109H141FN16O8S7. The first-order chi connectivity index (χ1) is 66.7. The molecule has 0 radical (unpaired) electrons. The van der Waals surface area contributed by atoms with Crippen molar-refractivity contribution in [2.75, 3.05) is 43.8 Å². The molecule has 7 amide bonds. The summed E-state index contributed by atoms with van der Waals surface area (Å²) >= 11 is 9.42. The van der Waals surface area contributed by atoms with Crippen LogP contribution in [0.25, 0.3) is 9.69 Å². The highest BCUT2D eigenvalue weighted by Crippen LogP contribution is 2.75. The second kappa shape index (κ2) is 36.4. The number of Topliss-reactive ketones (excluding diaryl/α,β-unsaturated/α-hetero) is 1.